The van der Waals surface area contributed by atoms with Crippen molar-refractivity contribution in [2.75, 3.05) is 12.9 Å². The molecule has 8 nitrogen and oxygen atoms in total. The van der Waals surface area contributed by atoms with Gasteiger partial charge in [-0.15, -0.1) is 11.8 Å². The van der Waals surface area contributed by atoms with Crippen LogP contribution in [0.3, 0.4) is 0 Å². The third kappa shape index (κ3) is 10.4. The van der Waals surface area contributed by atoms with Gasteiger partial charge >= 0.3 is 6.09 Å². The Bertz CT molecular complexity index is 948. The van der Waals surface area contributed by atoms with Crippen molar-refractivity contribution in [2.24, 2.45) is 5.92 Å². The molecule has 0 saturated carbocycles. The van der Waals surface area contributed by atoms with E-state index in [1.807, 2.05) is 39.0 Å². The molecule has 2 rings (SSSR count). The van der Waals surface area contributed by atoms with Gasteiger partial charge in [0.1, 0.15) is 18.4 Å². The molecule has 9 heteroatoms. The largest absolute Gasteiger partial charge is 0.496 e. The van der Waals surface area contributed by atoms with Crippen LogP contribution in [0.4, 0.5) is 4.79 Å². The van der Waals surface area contributed by atoms with Gasteiger partial charge in [-0.2, -0.15) is 0 Å². The number of furan rings is 1. The van der Waals surface area contributed by atoms with Crippen LogP contribution in [0.2, 0.25) is 0 Å². The zero-order valence-corrected chi connectivity index (χ0v) is 22.4. The van der Waals surface area contributed by atoms with Gasteiger partial charge in [0.15, 0.2) is 5.78 Å². The van der Waals surface area contributed by atoms with E-state index >= 15 is 0 Å². The second-order valence-electron chi connectivity index (χ2n) is 9.01. The molecule has 1 aromatic carbocycles. The van der Waals surface area contributed by atoms with Gasteiger partial charge in [0, 0.05) is 16.9 Å². The number of methoxy groups -OCH3 is 1. The van der Waals surface area contributed by atoms with Gasteiger partial charge in [0.05, 0.1) is 31.4 Å². The Morgan fingerprint density at radius 3 is 2.53 bits per heavy atom. The van der Waals surface area contributed by atoms with Gasteiger partial charge in [0.25, 0.3) is 0 Å². The molecule has 2 N–H and O–H groups in total. The molecule has 1 heterocycles. The number of carbonyl (C=O) groups excluding carboxylic acids is 3. The molecule has 0 radical (unpaired) electrons. The minimum atomic E-state index is -0.814. The number of carbonyl (C=O) groups is 3. The summed E-state index contributed by atoms with van der Waals surface area (Å²) in [6.07, 6.45) is 5.25. The van der Waals surface area contributed by atoms with Crippen LogP contribution in [0.5, 0.6) is 5.75 Å². The number of ketones is 1. The van der Waals surface area contributed by atoms with Crippen LogP contribution in [-0.4, -0.2) is 42.7 Å². The minimum Gasteiger partial charge on any atom is -0.496 e. The lowest BCUT2D eigenvalue weighted by Gasteiger charge is -2.24. The number of rotatable bonds is 16. The van der Waals surface area contributed by atoms with Gasteiger partial charge in [-0.1, -0.05) is 51.8 Å². The molecular formula is C27H38N2O6S. The van der Waals surface area contributed by atoms with E-state index < -0.39 is 18.2 Å². The lowest BCUT2D eigenvalue weighted by Crippen LogP contribution is -2.52. The summed E-state index contributed by atoms with van der Waals surface area (Å²) in [5.74, 6) is 1.28. The zero-order valence-electron chi connectivity index (χ0n) is 21.6. The van der Waals surface area contributed by atoms with E-state index in [2.05, 4.69) is 10.6 Å². The molecule has 2 atom stereocenters. The van der Waals surface area contributed by atoms with Gasteiger partial charge in [-0.3, -0.25) is 9.59 Å². The molecule has 0 unspecified atom stereocenters. The van der Waals surface area contributed by atoms with Gasteiger partial charge in [-0.25, -0.2) is 4.79 Å². The standard InChI is InChI=1S/C27H38N2O6S/c1-5-6-10-22(24(30)18-36-17-20-12-13-34-15-20)28-26(31)23(14-19(2)3)29-27(32)35-16-21-9-7-8-11-25(21)33-4/h7-9,11-13,15,19,22-23H,5-6,10,14,16-18H2,1-4H3,(H,28,31)(H,29,32)/t22-,23-/m0/s1. The highest BCUT2D eigenvalue weighted by molar-refractivity contribution is 7.99. The Balaban J connectivity index is 1.96. The number of alkyl carbamates (subject to hydrolysis) is 1. The third-order valence-electron chi connectivity index (χ3n) is 5.51. The van der Waals surface area contributed by atoms with Crippen LogP contribution in [0.15, 0.2) is 47.3 Å². The second kappa shape index (κ2) is 15.9. The van der Waals surface area contributed by atoms with Crippen molar-refractivity contribution in [1.29, 1.82) is 0 Å². The number of Topliss-reactive ketones (excluding diaryl/α,β-unsaturated/α-hetero) is 1. The highest BCUT2D eigenvalue weighted by Gasteiger charge is 2.27. The molecule has 1 aromatic heterocycles. The number of thioether (sulfide) groups is 1. The Morgan fingerprint density at radius 2 is 1.86 bits per heavy atom. The minimum absolute atomic E-state index is 0.0113. The number of amides is 2. The second-order valence-corrected chi connectivity index (χ2v) is 9.99. The first-order valence-electron chi connectivity index (χ1n) is 12.3. The Kier molecular flexibility index (Phi) is 13.0. The molecule has 0 saturated heterocycles. The van der Waals surface area contributed by atoms with E-state index in [4.69, 9.17) is 13.9 Å². The molecule has 36 heavy (non-hydrogen) atoms. The topological polar surface area (TPSA) is 107 Å². The lowest BCUT2D eigenvalue weighted by molar-refractivity contribution is -0.128. The van der Waals surface area contributed by atoms with Crippen molar-refractivity contribution in [2.45, 2.75) is 70.9 Å². The van der Waals surface area contributed by atoms with Gasteiger partial charge < -0.3 is 24.5 Å². The summed E-state index contributed by atoms with van der Waals surface area (Å²) in [6, 6.07) is 7.70. The van der Waals surface area contributed by atoms with Gasteiger partial charge in [0.2, 0.25) is 5.91 Å². The Labute approximate surface area is 217 Å². The summed E-state index contributed by atoms with van der Waals surface area (Å²) >= 11 is 1.48. The summed E-state index contributed by atoms with van der Waals surface area (Å²) < 4.78 is 15.7. The zero-order chi connectivity index (χ0) is 26.3. The van der Waals surface area contributed by atoms with Crippen LogP contribution in [0, 0.1) is 5.92 Å². The molecule has 0 spiro atoms. The maximum absolute atomic E-state index is 13.2. The first kappa shape index (κ1) is 29.3. The van der Waals surface area contributed by atoms with Crippen molar-refractivity contribution >= 4 is 29.5 Å². The highest BCUT2D eigenvalue weighted by atomic mass is 32.2. The number of hydrogen-bond donors (Lipinski definition) is 2. The van der Waals surface area contributed by atoms with Crippen LogP contribution < -0.4 is 15.4 Å². The van der Waals surface area contributed by atoms with E-state index in [0.29, 0.717) is 24.3 Å². The fraction of sp³-hybridized carbons (Fsp3) is 0.519. The molecule has 198 valence electrons. The quantitative estimate of drug-likeness (QED) is 0.318. The van der Waals surface area contributed by atoms with Crippen LogP contribution in [-0.2, 0) is 26.7 Å². The number of para-hydroxylation sites is 1. The molecular weight excluding hydrogens is 480 g/mol. The first-order chi connectivity index (χ1) is 17.3. The fourth-order valence-electron chi connectivity index (χ4n) is 3.59. The van der Waals surface area contributed by atoms with Crippen LogP contribution in [0.1, 0.15) is 57.6 Å². The predicted molar refractivity (Wildman–Crippen MR) is 141 cm³/mol. The predicted octanol–water partition coefficient (Wildman–Crippen LogP) is 5.11. The van der Waals surface area contributed by atoms with Crippen molar-refractivity contribution in [3.05, 3.63) is 54.0 Å². The molecule has 0 aliphatic rings. The van der Waals surface area contributed by atoms with Crippen molar-refractivity contribution in [3.63, 3.8) is 0 Å². The summed E-state index contributed by atoms with van der Waals surface area (Å²) in [4.78, 5) is 38.6. The number of unbranched alkanes of at least 4 members (excludes halogenated alkanes) is 1. The SMILES string of the molecule is CCCC[C@H](NC(=O)[C@H](CC(C)C)NC(=O)OCc1ccccc1OC)C(=O)CSCc1ccoc1. The van der Waals surface area contributed by atoms with E-state index in [0.717, 1.165) is 24.0 Å². The van der Waals surface area contributed by atoms with Crippen molar-refractivity contribution in [1.82, 2.24) is 10.6 Å². The van der Waals surface area contributed by atoms with Crippen molar-refractivity contribution < 1.29 is 28.3 Å². The summed E-state index contributed by atoms with van der Waals surface area (Å²) in [5.41, 5.74) is 1.73. The van der Waals surface area contributed by atoms with Crippen LogP contribution in [0.25, 0.3) is 0 Å². The molecule has 0 aliphatic heterocycles. The number of benzene rings is 1. The highest BCUT2D eigenvalue weighted by Crippen LogP contribution is 2.18. The Hall–Kier alpha value is -2.94. The van der Waals surface area contributed by atoms with Crippen molar-refractivity contribution in [3.8, 4) is 5.75 Å². The maximum atomic E-state index is 13.2. The smallest absolute Gasteiger partial charge is 0.408 e. The third-order valence-corrected chi connectivity index (χ3v) is 6.54. The summed E-state index contributed by atoms with van der Waals surface area (Å²) in [5, 5.41) is 5.56. The van der Waals surface area contributed by atoms with E-state index in [-0.39, 0.29) is 30.0 Å². The molecule has 0 aliphatic carbocycles. The normalized spacial score (nSPS) is 12.6. The average Bonchev–Trinajstić information content (AvgIpc) is 3.38. The number of nitrogens with one attached hydrogen (secondary N) is 2. The molecule has 0 bridgehead atoms. The fourth-order valence-corrected chi connectivity index (χ4v) is 4.50. The van der Waals surface area contributed by atoms with E-state index in [9.17, 15) is 14.4 Å². The summed E-state index contributed by atoms with van der Waals surface area (Å²) in [7, 11) is 1.55. The number of ether oxygens (including phenoxy) is 2. The maximum Gasteiger partial charge on any atom is 0.408 e. The monoisotopic (exact) mass is 518 g/mol. The lowest BCUT2D eigenvalue weighted by atomic mass is 10.0. The average molecular weight is 519 g/mol. The Morgan fingerprint density at radius 1 is 1.08 bits per heavy atom. The first-order valence-corrected chi connectivity index (χ1v) is 13.5. The molecule has 0 fully saturated rings. The number of hydrogen-bond acceptors (Lipinski definition) is 7. The molecule has 2 aromatic rings. The van der Waals surface area contributed by atoms with Gasteiger partial charge in [-0.05, 0) is 30.9 Å². The van der Waals surface area contributed by atoms with E-state index in [1.54, 1.807) is 31.8 Å². The van der Waals surface area contributed by atoms with Crippen LogP contribution >= 0.6 is 11.8 Å². The van der Waals surface area contributed by atoms with E-state index in [1.165, 1.54) is 11.8 Å². The summed E-state index contributed by atoms with van der Waals surface area (Å²) in [6.45, 7) is 5.98. The molecule has 2 amide bonds.